The van der Waals surface area contributed by atoms with Crippen LogP contribution in [0.2, 0.25) is 0 Å². The van der Waals surface area contributed by atoms with Gasteiger partial charge < -0.3 is 10.0 Å². The molecule has 124 valence electrons. The van der Waals surface area contributed by atoms with Crippen molar-refractivity contribution in [1.29, 1.82) is 0 Å². The van der Waals surface area contributed by atoms with Crippen molar-refractivity contribution in [2.45, 2.75) is 18.8 Å². The number of hydrogen-bond donors (Lipinski definition) is 2. The van der Waals surface area contributed by atoms with Crippen LogP contribution in [0.3, 0.4) is 0 Å². The van der Waals surface area contributed by atoms with E-state index >= 15 is 0 Å². The van der Waals surface area contributed by atoms with Gasteiger partial charge in [0.05, 0.1) is 11.2 Å². The number of nitrogens with zero attached hydrogens (tertiary/aromatic N) is 3. The Morgan fingerprint density at radius 3 is 2.75 bits per heavy atom. The molecule has 1 saturated heterocycles. The molecule has 3 aromatic rings. The molecule has 1 fully saturated rings. The molecule has 0 radical (unpaired) electrons. The average molecular weight is 330 g/mol. The van der Waals surface area contributed by atoms with Gasteiger partial charge in [-0.2, -0.15) is 0 Å². The molecule has 0 spiro atoms. The maximum atomic E-state index is 13.4. The molecule has 2 N–H and O–H groups in total. The summed E-state index contributed by atoms with van der Waals surface area (Å²) >= 11 is 0. The third kappa shape index (κ3) is 2.31. The average Bonchev–Trinajstić information content (AvgIpc) is 2.93. The Balaban J connectivity index is 1.76. The topological polar surface area (TPSA) is 90.7 Å². The molecule has 0 atom stereocenters. The number of amides is 1. The Kier molecular flexibility index (Phi) is 3.26. The fraction of sp³-hybridized carbons (Fsp3) is 0.312. The predicted molar refractivity (Wildman–Crippen MR) is 84.8 cm³/mol. The summed E-state index contributed by atoms with van der Waals surface area (Å²) in [6, 6.07) is 5.73. The molecule has 0 saturated carbocycles. The van der Waals surface area contributed by atoms with Crippen LogP contribution in [0.15, 0.2) is 29.1 Å². The lowest BCUT2D eigenvalue weighted by molar-refractivity contribution is 0.131. The maximum absolute atomic E-state index is 13.4. The molecule has 1 aromatic carbocycles. The molecule has 8 heteroatoms. The van der Waals surface area contributed by atoms with Crippen LogP contribution >= 0.6 is 0 Å². The first-order chi connectivity index (χ1) is 11.5. The summed E-state index contributed by atoms with van der Waals surface area (Å²) in [5, 5.41) is 12.5. The predicted octanol–water partition coefficient (Wildman–Crippen LogP) is 2.17. The van der Waals surface area contributed by atoms with Gasteiger partial charge in [-0.05, 0) is 31.0 Å². The minimum absolute atomic E-state index is 0.0451. The molecule has 7 nitrogen and oxygen atoms in total. The van der Waals surface area contributed by atoms with Gasteiger partial charge in [-0.1, -0.05) is 0 Å². The third-order valence-electron chi connectivity index (χ3n) is 4.58. The van der Waals surface area contributed by atoms with E-state index in [4.69, 9.17) is 5.11 Å². The van der Waals surface area contributed by atoms with Crippen molar-refractivity contribution in [3.63, 3.8) is 0 Å². The van der Waals surface area contributed by atoms with Crippen molar-refractivity contribution >= 4 is 22.6 Å². The molecule has 2 aromatic heterocycles. The number of carboxylic acid groups (broad SMARTS) is 1. The first kappa shape index (κ1) is 14.7. The van der Waals surface area contributed by atoms with Crippen LogP contribution in [0.5, 0.6) is 0 Å². The number of nitrogens with one attached hydrogen (secondary N) is 1. The minimum Gasteiger partial charge on any atom is -0.465 e. The molecule has 1 aliphatic heterocycles. The highest BCUT2D eigenvalue weighted by Crippen LogP contribution is 2.27. The molecular formula is C16H15FN4O3. The van der Waals surface area contributed by atoms with Gasteiger partial charge in [-0.25, -0.2) is 18.7 Å². The Labute approximate surface area is 135 Å². The number of aromatic amines is 1. The van der Waals surface area contributed by atoms with Crippen LogP contribution in [-0.2, 0) is 0 Å². The minimum atomic E-state index is -0.921. The zero-order valence-corrected chi connectivity index (χ0v) is 12.7. The van der Waals surface area contributed by atoms with E-state index in [0.717, 1.165) is 0 Å². The van der Waals surface area contributed by atoms with E-state index in [2.05, 4.69) is 10.1 Å². The second-order valence-corrected chi connectivity index (χ2v) is 6.02. The lowest BCUT2D eigenvalue weighted by Gasteiger charge is -2.29. The number of rotatable bonds is 1. The van der Waals surface area contributed by atoms with Gasteiger partial charge in [0.25, 0.3) is 5.56 Å². The van der Waals surface area contributed by atoms with E-state index in [-0.39, 0.29) is 17.3 Å². The van der Waals surface area contributed by atoms with Crippen molar-refractivity contribution in [1.82, 2.24) is 19.5 Å². The van der Waals surface area contributed by atoms with Gasteiger partial charge in [0.15, 0.2) is 5.65 Å². The zero-order chi connectivity index (χ0) is 16.8. The lowest BCUT2D eigenvalue weighted by atomic mass is 9.93. The van der Waals surface area contributed by atoms with Crippen molar-refractivity contribution in [2.75, 3.05) is 13.1 Å². The van der Waals surface area contributed by atoms with Crippen molar-refractivity contribution in [3.8, 4) is 0 Å². The van der Waals surface area contributed by atoms with E-state index in [9.17, 15) is 14.0 Å². The quantitative estimate of drug-likeness (QED) is 0.715. The van der Waals surface area contributed by atoms with Crippen molar-refractivity contribution in [2.24, 2.45) is 0 Å². The number of hydrogen-bond acceptors (Lipinski definition) is 3. The summed E-state index contributed by atoms with van der Waals surface area (Å²) in [4.78, 5) is 29.3. The number of carbonyl (C=O) groups is 1. The normalized spacial score (nSPS) is 16.1. The molecule has 4 rings (SSSR count). The Bertz CT molecular complexity index is 1000. The van der Waals surface area contributed by atoms with E-state index in [0.29, 0.717) is 48.2 Å². The lowest BCUT2D eigenvalue weighted by Crippen LogP contribution is -2.37. The molecule has 0 bridgehead atoms. The number of piperidine rings is 1. The molecule has 1 aliphatic rings. The molecular weight excluding hydrogens is 315 g/mol. The van der Waals surface area contributed by atoms with E-state index in [1.54, 1.807) is 6.07 Å². The summed E-state index contributed by atoms with van der Waals surface area (Å²) in [6.07, 6.45) is 0.341. The van der Waals surface area contributed by atoms with Crippen LogP contribution in [0.25, 0.3) is 16.6 Å². The molecule has 24 heavy (non-hydrogen) atoms. The van der Waals surface area contributed by atoms with Crippen molar-refractivity contribution in [3.05, 3.63) is 46.1 Å². The van der Waals surface area contributed by atoms with Gasteiger partial charge in [-0.15, -0.1) is 0 Å². The molecule has 0 unspecified atom stereocenters. The Hall–Kier alpha value is -2.90. The van der Waals surface area contributed by atoms with Crippen molar-refractivity contribution < 1.29 is 14.3 Å². The second kappa shape index (κ2) is 5.33. The zero-order valence-electron chi connectivity index (χ0n) is 12.7. The van der Waals surface area contributed by atoms with Crippen LogP contribution in [0.1, 0.15) is 24.5 Å². The summed E-state index contributed by atoms with van der Waals surface area (Å²) in [5.74, 6) is -0.341. The van der Waals surface area contributed by atoms with Crippen LogP contribution in [0, 0.1) is 5.82 Å². The van der Waals surface area contributed by atoms with Crippen LogP contribution in [0.4, 0.5) is 9.18 Å². The Morgan fingerprint density at radius 2 is 2.04 bits per heavy atom. The van der Waals surface area contributed by atoms with Crippen LogP contribution in [-0.4, -0.2) is 43.8 Å². The number of benzene rings is 1. The van der Waals surface area contributed by atoms with E-state index in [1.807, 2.05) is 0 Å². The molecule has 3 heterocycles. The largest absolute Gasteiger partial charge is 0.465 e. The van der Waals surface area contributed by atoms with Gasteiger partial charge in [0.2, 0.25) is 0 Å². The fourth-order valence-corrected chi connectivity index (χ4v) is 3.29. The summed E-state index contributed by atoms with van der Waals surface area (Å²) < 4.78 is 14.7. The third-order valence-corrected chi connectivity index (χ3v) is 4.58. The van der Waals surface area contributed by atoms with Crippen LogP contribution < -0.4 is 5.56 Å². The first-order valence-electron chi connectivity index (χ1n) is 7.72. The highest BCUT2D eigenvalue weighted by Gasteiger charge is 2.25. The summed E-state index contributed by atoms with van der Waals surface area (Å²) in [6.45, 7) is 0.861. The second-order valence-electron chi connectivity index (χ2n) is 6.02. The van der Waals surface area contributed by atoms with E-state index < -0.39 is 6.09 Å². The van der Waals surface area contributed by atoms with Gasteiger partial charge in [0.1, 0.15) is 5.82 Å². The fourth-order valence-electron chi connectivity index (χ4n) is 3.29. The number of likely N-dealkylation sites (tertiary alicyclic amines) is 1. The van der Waals surface area contributed by atoms with E-state index in [1.165, 1.54) is 27.6 Å². The first-order valence-corrected chi connectivity index (χ1v) is 7.72. The number of fused-ring (bicyclic) bond motifs is 3. The van der Waals surface area contributed by atoms with Gasteiger partial charge in [-0.3, -0.25) is 9.89 Å². The smallest absolute Gasteiger partial charge is 0.407 e. The summed E-state index contributed by atoms with van der Waals surface area (Å²) in [5.41, 5.74) is 1.38. The highest BCUT2D eigenvalue weighted by molar-refractivity contribution is 5.91. The van der Waals surface area contributed by atoms with Gasteiger partial charge >= 0.3 is 6.09 Å². The number of aromatic nitrogens is 3. The number of halogens is 1. The van der Waals surface area contributed by atoms with Gasteiger partial charge in [0, 0.05) is 30.5 Å². The summed E-state index contributed by atoms with van der Waals surface area (Å²) in [7, 11) is 0. The standard InChI is InChI=1S/C16H15FN4O3/c17-10-1-2-11-13(7-10)19-21-14(22)8-12(18-15(11)21)9-3-5-20(6-4-9)16(23)24/h1-2,7-9,19H,3-6H2,(H,23,24). The molecule has 1 amide bonds. The number of H-pyrrole nitrogens is 1. The SMILES string of the molecule is O=C(O)N1CCC(c2cc(=O)n3[nH]c4cc(F)ccc4c3n2)CC1. The monoisotopic (exact) mass is 330 g/mol. The molecule has 0 aliphatic carbocycles. The maximum Gasteiger partial charge on any atom is 0.407 e. The highest BCUT2D eigenvalue weighted by atomic mass is 19.1. The Morgan fingerprint density at radius 1 is 1.29 bits per heavy atom.